The molecule has 1 aliphatic rings. The second-order valence-corrected chi connectivity index (χ2v) is 12.0. The topological polar surface area (TPSA) is 65.0 Å². The molecule has 0 bridgehead atoms. The molecular formula is C18H18ClF2IN4O. The Morgan fingerprint density at radius 1 is 1.33 bits per heavy atom. The van der Waals surface area contributed by atoms with E-state index in [1.807, 2.05) is 21.3 Å². The predicted octanol–water partition coefficient (Wildman–Crippen LogP) is 4.20. The van der Waals surface area contributed by atoms with Crippen LogP contribution >= 0.6 is 31.7 Å². The average molecular weight is 507 g/mol. The van der Waals surface area contributed by atoms with Gasteiger partial charge in [0.1, 0.15) is 0 Å². The van der Waals surface area contributed by atoms with Crippen LogP contribution in [0.4, 0.5) is 8.78 Å². The van der Waals surface area contributed by atoms with Crippen molar-refractivity contribution in [3.63, 3.8) is 0 Å². The van der Waals surface area contributed by atoms with E-state index in [0.717, 1.165) is 21.0 Å². The van der Waals surface area contributed by atoms with Gasteiger partial charge in [-0.2, -0.15) is 0 Å². The molecule has 5 nitrogen and oxygen atoms in total. The Kier molecular flexibility index (Phi) is 5.08. The Labute approximate surface area is 167 Å². The molecule has 3 heterocycles. The van der Waals surface area contributed by atoms with Crippen LogP contribution in [0, 0.1) is 0 Å². The molecule has 0 unspecified atom stereocenters. The van der Waals surface area contributed by atoms with Crippen molar-refractivity contribution in [1.82, 2.24) is 18.1 Å². The van der Waals surface area contributed by atoms with Crippen LogP contribution in [-0.4, -0.2) is 47.2 Å². The Bertz CT molecular complexity index is 966. The molecule has 1 aliphatic heterocycles. The summed E-state index contributed by atoms with van der Waals surface area (Å²) in [6.45, 7) is -1.66. The van der Waals surface area contributed by atoms with Crippen LogP contribution in [0.1, 0.15) is 22.9 Å². The van der Waals surface area contributed by atoms with E-state index >= 15 is 0 Å². The zero-order valence-electron chi connectivity index (χ0n) is 14.5. The summed E-state index contributed by atoms with van der Waals surface area (Å²) in [5, 5.41) is 10.4. The number of rotatable bonds is 4. The Morgan fingerprint density at radius 2 is 2.04 bits per heavy atom. The molecule has 4 rings (SSSR count). The molecule has 0 spiro atoms. The van der Waals surface area contributed by atoms with Gasteiger partial charge in [0.05, 0.1) is 0 Å². The van der Waals surface area contributed by atoms with E-state index < -0.39 is 45.2 Å². The fourth-order valence-corrected chi connectivity index (χ4v) is 8.53. The summed E-state index contributed by atoms with van der Waals surface area (Å²) in [4.78, 5) is 13.6. The first-order valence-electron chi connectivity index (χ1n) is 8.28. The van der Waals surface area contributed by atoms with Crippen LogP contribution in [0.15, 0.2) is 36.7 Å². The van der Waals surface area contributed by atoms with Crippen LogP contribution in [0.5, 0.6) is 0 Å². The maximum atomic E-state index is 14.1. The van der Waals surface area contributed by atoms with Crippen LogP contribution in [0.25, 0.3) is 10.9 Å². The number of H-pyrrole nitrogens is 1. The van der Waals surface area contributed by atoms with Crippen molar-refractivity contribution < 1.29 is 13.9 Å². The molecule has 0 amide bonds. The van der Waals surface area contributed by atoms with Crippen molar-refractivity contribution in [2.75, 3.05) is 18.1 Å². The summed E-state index contributed by atoms with van der Waals surface area (Å²) in [5.41, 5.74) is 3.78. The number of benzene rings is 1. The molecule has 9 heteroatoms. The van der Waals surface area contributed by atoms with Gasteiger partial charge in [0.15, 0.2) is 0 Å². The first-order chi connectivity index (χ1) is 12.9. The number of hydrogen-bond donors (Lipinski definition) is 2. The Morgan fingerprint density at radius 3 is 2.74 bits per heavy atom. The van der Waals surface area contributed by atoms with Gasteiger partial charge in [0.25, 0.3) is 0 Å². The minimum atomic E-state index is -3.17. The summed E-state index contributed by atoms with van der Waals surface area (Å²) in [5.74, 6) is -3.17. The van der Waals surface area contributed by atoms with Crippen LogP contribution in [0.3, 0.4) is 0 Å². The second-order valence-electron chi connectivity index (χ2n) is 6.51. The number of nitrogens with zero attached hydrogens (tertiary/aromatic N) is 3. The van der Waals surface area contributed by atoms with Crippen molar-refractivity contribution >= 4 is 42.6 Å². The predicted molar refractivity (Wildman–Crippen MR) is 110 cm³/mol. The summed E-state index contributed by atoms with van der Waals surface area (Å²) in [6.07, 6.45) is 3.18. The number of aromatic amines is 1. The number of nitrogens with one attached hydrogen (secondary N) is 1. The maximum absolute atomic E-state index is 14.1. The molecule has 1 atom stereocenters. The molecule has 1 aromatic carbocycles. The van der Waals surface area contributed by atoms with E-state index in [2.05, 4.69) is 25.9 Å². The fourth-order valence-electron chi connectivity index (χ4n) is 3.43. The van der Waals surface area contributed by atoms with Crippen molar-refractivity contribution in [2.45, 2.75) is 16.4 Å². The first-order valence-corrected chi connectivity index (χ1v) is 13.3. The molecule has 0 fully saturated rings. The molecular weight excluding hydrogens is 489 g/mol. The van der Waals surface area contributed by atoms with Crippen molar-refractivity contribution in [2.24, 2.45) is 0 Å². The van der Waals surface area contributed by atoms with Crippen LogP contribution in [-0.2, 0) is 4.43 Å². The molecule has 0 aliphatic carbocycles. The average Bonchev–Trinajstić information content (AvgIpc) is 3.01. The third-order valence-electron chi connectivity index (χ3n) is 4.67. The van der Waals surface area contributed by atoms with Crippen molar-refractivity contribution in [1.29, 1.82) is 0 Å². The van der Waals surface area contributed by atoms with E-state index in [1.165, 1.54) is 5.56 Å². The third-order valence-corrected chi connectivity index (χ3v) is 9.74. The summed E-state index contributed by atoms with van der Waals surface area (Å²) < 4.78 is 30.9. The summed E-state index contributed by atoms with van der Waals surface area (Å²) >= 11 is 3.88. The molecule has 144 valence electrons. The van der Waals surface area contributed by atoms with E-state index in [1.54, 1.807) is 12.4 Å². The Balaban J connectivity index is 1.88. The minimum absolute atomic E-state index is 0.116. The molecule has 0 radical (unpaired) electrons. The number of halogens is 4. The molecule has 0 saturated carbocycles. The van der Waals surface area contributed by atoms with E-state index in [0.29, 0.717) is 5.56 Å². The quantitative estimate of drug-likeness (QED) is 0.241. The van der Waals surface area contributed by atoms with Crippen molar-refractivity contribution in [3.8, 4) is 0 Å². The number of aliphatic hydroxyl groups is 1. The number of hydrogen-bond acceptors (Lipinski definition) is 4. The van der Waals surface area contributed by atoms with Gasteiger partial charge >= 0.3 is 168 Å². The van der Waals surface area contributed by atoms with Gasteiger partial charge in [0, 0.05) is 0 Å². The monoisotopic (exact) mass is 506 g/mol. The SMILES string of the molecule is CI1Cc2c([nH]c3ccccc23)[C@@H](c2cnc(Cl)nc2)N1CC(F)(F)CO. The molecule has 2 N–H and O–H groups in total. The second kappa shape index (κ2) is 7.23. The molecule has 3 aromatic rings. The molecule has 0 saturated heterocycles. The van der Waals surface area contributed by atoms with E-state index in [4.69, 9.17) is 16.7 Å². The Hall–Kier alpha value is -1.36. The molecule has 27 heavy (non-hydrogen) atoms. The van der Waals surface area contributed by atoms with Crippen LogP contribution in [0.2, 0.25) is 5.28 Å². The third kappa shape index (κ3) is 3.55. The van der Waals surface area contributed by atoms with E-state index in [-0.39, 0.29) is 5.28 Å². The standard InChI is InChI=1S/C18H18ClF2IN4O/c1-22-6-13-12-4-2-3-5-14(12)25-15(13)16(11-7-23-17(19)24-8-11)26(22)9-18(20,21)10-27/h2-5,7-8,16,25,27H,6,9-10H2,1H3/t16-/m1/s1. The van der Waals surface area contributed by atoms with Crippen molar-refractivity contribution in [3.05, 3.63) is 58.8 Å². The van der Waals surface area contributed by atoms with Gasteiger partial charge in [-0.3, -0.25) is 0 Å². The molecule has 2 aromatic heterocycles. The zero-order valence-corrected chi connectivity index (χ0v) is 17.4. The summed E-state index contributed by atoms with van der Waals surface area (Å²) in [7, 11) is 0. The number of fused-ring (bicyclic) bond motifs is 3. The van der Waals surface area contributed by atoms with Gasteiger partial charge < -0.3 is 0 Å². The van der Waals surface area contributed by atoms with Gasteiger partial charge in [-0.15, -0.1) is 0 Å². The van der Waals surface area contributed by atoms with Crippen LogP contribution < -0.4 is 0 Å². The summed E-state index contributed by atoms with van der Waals surface area (Å²) in [6, 6.07) is 7.57. The van der Waals surface area contributed by atoms with Gasteiger partial charge in [-0.25, -0.2) is 0 Å². The number of aliphatic hydroxyl groups excluding tert-OH is 1. The number of para-hydroxylation sites is 1. The van der Waals surface area contributed by atoms with E-state index in [9.17, 15) is 8.78 Å². The van der Waals surface area contributed by atoms with Gasteiger partial charge in [-0.1, -0.05) is 0 Å². The van der Waals surface area contributed by atoms with Gasteiger partial charge in [0.2, 0.25) is 0 Å². The number of aromatic nitrogens is 3. The number of alkyl halides is 4. The zero-order chi connectivity index (χ0) is 19.2. The van der Waals surface area contributed by atoms with Gasteiger partial charge in [-0.05, 0) is 0 Å². The normalized spacial score (nSPS) is 19.4. The first kappa shape index (κ1) is 19.0. The fraction of sp³-hybridized carbons (Fsp3) is 0.333.